The highest BCUT2D eigenvalue weighted by Crippen LogP contribution is 2.25. The van der Waals surface area contributed by atoms with Crippen LogP contribution in [0.1, 0.15) is 24.8 Å². The molecule has 2 rings (SSSR count). The van der Waals surface area contributed by atoms with E-state index in [1.165, 1.54) is 6.20 Å². The van der Waals surface area contributed by atoms with Crippen molar-refractivity contribution in [3.8, 4) is 0 Å². The molecule has 0 saturated heterocycles. The molecule has 1 aromatic heterocycles. The van der Waals surface area contributed by atoms with Crippen LogP contribution < -0.4 is 11.3 Å². The molecular formula is C13H18N2O2. The van der Waals surface area contributed by atoms with Crippen LogP contribution >= 0.6 is 0 Å². The van der Waals surface area contributed by atoms with Gasteiger partial charge in [0.25, 0.3) is 5.56 Å². The van der Waals surface area contributed by atoms with Crippen molar-refractivity contribution in [3.05, 3.63) is 40.3 Å². The molecule has 1 heterocycles. The molecule has 1 aliphatic rings. The fraction of sp³-hybridized carbons (Fsp3) is 0.538. The number of hydrogen-bond donors (Lipinski definition) is 2. The van der Waals surface area contributed by atoms with Gasteiger partial charge >= 0.3 is 0 Å². The molecule has 0 aromatic carbocycles. The van der Waals surface area contributed by atoms with E-state index in [0.29, 0.717) is 12.3 Å². The Hall–Kier alpha value is -1.26. The third-order valence-corrected chi connectivity index (χ3v) is 3.44. The maximum atomic E-state index is 11.6. The van der Waals surface area contributed by atoms with Crippen LogP contribution in [-0.4, -0.2) is 22.2 Å². The number of aliphatic hydroxyl groups excluding tert-OH is 1. The molecule has 3 N–H and O–H groups in total. The molecule has 1 aliphatic carbocycles. The van der Waals surface area contributed by atoms with Gasteiger partial charge in [-0.2, -0.15) is 0 Å². The van der Waals surface area contributed by atoms with Gasteiger partial charge in [-0.25, -0.2) is 4.98 Å². The smallest absolute Gasteiger partial charge is 0.272 e. The van der Waals surface area contributed by atoms with Crippen LogP contribution in [0.2, 0.25) is 0 Å². The van der Waals surface area contributed by atoms with E-state index in [-0.39, 0.29) is 17.7 Å². The van der Waals surface area contributed by atoms with Gasteiger partial charge in [0.05, 0.1) is 6.10 Å². The van der Waals surface area contributed by atoms with Crippen LogP contribution in [0, 0.1) is 5.92 Å². The normalized spacial score (nSPS) is 28.9. The lowest BCUT2D eigenvalue weighted by molar-refractivity contribution is 0.0867. The summed E-state index contributed by atoms with van der Waals surface area (Å²) in [5.74, 6) is 0.380. The summed E-state index contributed by atoms with van der Waals surface area (Å²) in [5.41, 5.74) is 6.42. The maximum absolute atomic E-state index is 11.6. The highest BCUT2D eigenvalue weighted by molar-refractivity contribution is 5.10. The van der Waals surface area contributed by atoms with Gasteiger partial charge in [0.1, 0.15) is 0 Å². The highest BCUT2D eigenvalue weighted by Gasteiger charge is 2.26. The number of nitrogens with two attached hydrogens (primary N) is 1. The third-order valence-electron chi connectivity index (χ3n) is 3.44. The first-order valence-electron chi connectivity index (χ1n) is 6.04. The lowest BCUT2D eigenvalue weighted by Gasteiger charge is -2.30. The second-order valence-electron chi connectivity index (χ2n) is 4.77. The van der Waals surface area contributed by atoms with Crippen molar-refractivity contribution in [1.82, 2.24) is 4.98 Å². The largest absolute Gasteiger partial charge is 0.392 e. The van der Waals surface area contributed by atoms with Gasteiger partial charge in [0, 0.05) is 17.8 Å². The van der Waals surface area contributed by atoms with E-state index in [0.717, 1.165) is 24.8 Å². The second kappa shape index (κ2) is 5.38. The van der Waals surface area contributed by atoms with E-state index in [1.54, 1.807) is 6.07 Å². The molecule has 0 amide bonds. The molecule has 1 aromatic rings. The first-order chi connectivity index (χ1) is 8.16. The van der Waals surface area contributed by atoms with Crippen LogP contribution in [0.4, 0.5) is 0 Å². The SMILES string of the molecule is NC1CC(Cc2ccccnc2=O)CCC1O. The standard InChI is InChI=1S/C13H18N2O2/c14-11-8-9(4-5-12(11)16)7-10-3-1-2-6-15-13(10)17/h1-3,6,9,11-12,16H,4-5,7-8,14H2. The fourth-order valence-corrected chi connectivity index (χ4v) is 2.42. The first-order valence-corrected chi connectivity index (χ1v) is 6.04. The zero-order valence-electron chi connectivity index (χ0n) is 9.75. The molecule has 92 valence electrons. The molecule has 4 heteroatoms. The molecule has 3 atom stereocenters. The molecule has 0 radical (unpaired) electrons. The predicted octanol–water partition coefficient (Wildman–Crippen LogP) is 0.473. The number of hydrogen-bond acceptors (Lipinski definition) is 4. The average Bonchev–Trinajstić information content (AvgIpc) is 2.50. The highest BCUT2D eigenvalue weighted by atomic mass is 16.3. The Morgan fingerprint density at radius 1 is 1.41 bits per heavy atom. The van der Waals surface area contributed by atoms with Gasteiger partial charge in [-0.05, 0) is 37.7 Å². The lowest BCUT2D eigenvalue weighted by Crippen LogP contribution is -2.41. The average molecular weight is 234 g/mol. The van der Waals surface area contributed by atoms with Crippen molar-refractivity contribution in [2.45, 2.75) is 37.8 Å². The zero-order valence-corrected chi connectivity index (χ0v) is 9.75. The Morgan fingerprint density at radius 3 is 3.00 bits per heavy atom. The minimum atomic E-state index is -0.386. The fourth-order valence-electron chi connectivity index (χ4n) is 2.42. The Balaban J connectivity index is 2.07. The third kappa shape index (κ3) is 3.11. The molecule has 1 saturated carbocycles. The monoisotopic (exact) mass is 234 g/mol. The topological polar surface area (TPSA) is 76.2 Å². The van der Waals surface area contributed by atoms with Crippen LogP contribution in [0.3, 0.4) is 0 Å². The molecular weight excluding hydrogens is 216 g/mol. The molecule has 0 aliphatic heterocycles. The molecule has 17 heavy (non-hydrogen) atoms. The minimum Gasteiger partial charge on any atom is -0.392 e. The van der Waals surface area contributed by atoms with E-state index < -0.39 is 0 Å². The minimum absolute atomic E-state index is 0.158. The van der Waals surface area contributed by atoms with Crippen LogP contribution in [0.15, 0.2) is 29.2 Å². The number of rotatable bonds is 2. The lowest BCUT2D eigenvalue weighted by atomic mass is 9.81. The summed E-state index contributed by atoms with van der Waals surface area (Å²) in [5, 5.41) is 9.56. The van der Waals surface area contributed by atoms with E-state index in [9.17, 15) is 9.90 Å². The maximum Gasteiger partial charge on any atom is 0.272 e. The van der Waals surface area contributed by atoms with E-state index in [4.69, 9.17) is 5.73 Å². The molecule has 4 nitrogen and oxygen atoms in total. The Kier molecular flexibility index (Phi) is 3.86. The van der Waals surface area contributed by atoms with Gasteiger partial charge < -0.3 is 10.8 Å². The van der Waals surface area contributed by atoms with Gasteiger partial charge in [-0.3, -0.25) is 4.79 Å². The Labute approximate surface area is 101 Å². The summed E-state index contributed by atoms with van der Waals surface area (Å²) in [7, 11) is 0. The van der Waals surface area contributed by atoms with Gasteiger partial charge in [-0.1, -0.05) is 12.1 Å². The van der Waals surface area contributed by atoms with E-state index in [2.05, 4.69) is 4.98 Å². The summed E-state index contributed by atoms with van der Waals surface area (Å²) in [6.07, 6.45) is 4.27. The van der Waals surface area contributed by atoms with Crippen LogP contribution in [0.25, 0.3) is 0 Å². The molecule has 0 spiro atoms. The first kappa shape index (κ1) is 12.2. The van der Waals surface area contributed by atoms with Crippen molar-refractivity contribution in [3.63, 3.8) is 0 Å². The Bertz CT molecular complexity index is 436. The van der Waals surface area contributed by atoms with E-state index >= 15 is 0 Å². The summed E-state index contributed by atoms with van der Waals surface area (Å²) in [6.45, 7) is 0. The van der Waals surface area contributed by atoms with Crippen molar-refractivity contribution in [1.29, 1.82) is 0 Å². The number of aromatic nitrogens is 1. The number of nitrogens with zero attached hydrogens (tertiary/aromatic N) is 1. The molecule has 1 fully saturated rings. The Morgan fingerprint density at radius 2 is 2.24 bits per heavy atom. The molecule has 0 bridgehead atoms. The zero-order chi connectivity index (χ0) is 12.3. The summed E-state index contributed by atoms with van der Waals surface area (Å²) in [4.78, 5) is 15.5. The quantitative estimate of drug-likeness (QED) is 0.780. The predicted molar refractivity (Wildman–Crippen MR) is 65.5 cm³/mol. The summed E-state index contributed by atoms with van der Waals surface area (Å²) >= 11 is 0. The van der Waals surface area contributed by atoms with Crippen molar-refractivity contribution in [2.24, 2.45) is 11.7 Å². The number of aliphatic hydroxyl groups is 1. The second-order valence-corrected chi connectivity index (χ2v) is 4.77. The van der Waals surface area contributed by atoms with E-state index in [1.807, 2.05) is 12.1 Å². The molecule has 3 unspecified atom stereocenters. The van der Waals surface area contributed by atoms with Gasteiger partial charge in [-0.15, -0.1) is 0 Å². The summed E-state index contributed by atoms with van der Waals surface area (Å²) in [6, 6.07) is 5.25. The summed E-state index contributed by atoms with van der Waals surface area (Å²) < 4.78 is 0. The van der Waals surface area contributed by atoms with Crippen molar-refractivity contribution < 1.29 is 5.11 Å². The van der Waals surface area contributed by atoms with Gasteiger partial charge in [0.2, 0.25) is 0 Å². The van der Waals surface area contributed by atoms with Crippen LogP contribution in [-0.2, 0) is 6.42 Å². The van der Waals surface area contributed by atoms with Crippen molar-refractivity contribution >= 4 is 0 Å². The van der Waals surface area contributed by atoms with Crippen LogP contribution in [0.5, 0.6) is 0 Å². The van der Waals surface area contributed by atoms with Crippen molar-refractivity contribution in [2.75, 3.05) is 0 Å². The van der Waals surface area contributed by atoms with Gasteiger partial charge in [0.15, 0.2) is 0 Å².